The van der Waals surface area contributed by atoms with Crippen LogP contribution in [-0.2, 0) is 28.2 Å². The Hall–Kier alpha value is -7.69. The van der Waals surface area contributed by atoms with Crippen LogP contribution in [-0.4, -0.2) is 83.3 Å². The second kappa shape index (κ2) is 34.6. The number of rotatable bonds is 0. The van der Waals surface area contributed by atoms with E-state index in [2.05, 4.69) is 159 Å². The molecule has 0 aliphatic carbocycles. The molecule has 0 radical (unpaired) electrons. The topological polar surface area (TPSA) is 187 Å². The first-order valence-electron chi connectivity index (χ1n) is 29.9. The Bertz CT molecular complexity index is 3230. The Balaban J connectivity index is 0.000000490. The minimum Gasteiger partial charge on any atom is -0.335 e. The van der Waals surface area contributed by atoms with E-state index in [1.54, 1.807) is 0 Å². The summed E-state index contributed by atoms with van der Waals surface area (Å²) in [6.45, 7) is 67.0. The van der Waals surface area contributed by atoms with Crippen LogP contribution in [0.4, 0.5) is 0 Å². The second-order valence-corrected chi connectivity index (χ2v) is 23.0. The number of aryl methyl sites for hydroxylation is 22. The van der Waals surface area contributed by atoms with Crippen molar-refractivity contribution in [2.24, 2.45) is 28.2 Å². The highest BCUT2D eigenvalue weighted by Crippen LogP contribution is 2.17. The average molecular weight is 1190 g/mol. The summed E-state index contributed by atoms with van der Waals surface area (Å²) in [4.78, 5) is 47.0. The fourth-order valence-electron chi connectivity index (χ4n) is 8.33. The van der Waals surface area contributed by atoms with Crippen molar-refractivity contribution >= 4 is 0 Å². The van der Waals surface area contributed by atoms with E-state index in [-0.39, 0.29) is 0 Å². The summed E-state index contributed by atoms with van der Waals surface area (Å²) in [5.41, 5.74) is 31.4. The van der Waals surface area contributed by atoms with E-state index < -0.39 is 0 Å². The van der Waals surface area contributed by atoms with Crippen LogP contribution >= 0.6 is 0 Å². The molecule has 0 saturated carbocycles. The maximum Gasteiger partial charge on any atom is 0.125 e. The maximum absolute atomic E-state index is 4.43. The van der Waals surface area contributed by atoms with Gasteiger partial charge in [0.25, 0.3) is 0 Å². The highest BCUT2D eigenvalue weighted by atomic mass is 15.1. The van der Waals surface area contributed by atoms with E-state index in [4.69, 9.17) is 0 Å². The SMILES string of the molecule is Cc1nc(C)c(C)c(C)c1C.Cc1nc(C)c(C)c(C)n1.Cc1nc(C)c(C)c(C)n1.Cc1nc(C)c(C)nc1C.Cc1nc(C)n(C)c1C.Cc1nc(C)n(C)c1C.Cc1nc(C)n(C)c1C.Cc1nc(C)n(C)c1C.Cc1nnc(C)c(C)c1C. The Labute approximate surface area is 525 Å². The van der Waals surface area contributed by atoms with Gasteiger partial charge in [-0.2, -0.15) is 10.2 Å². The zero-order valence-electron chi connectivity index (χ0n) is 61.1. The molecule has 9 aromatic rings. The van der Waals surface area contributed by atoms with E-state index in [9.17, 15) is 0 Å². The summed E-state index contributed by atoms with van der Waals surface area (Å²) in [6, 6.07) is 0. The van der Waals surface area contributed by atoms with Gasteiger partial charge < -0.3 is 18.3 Å². The van der Waals surface area contributed by atoms with Crippen LogP contribution in [0.5, 0.6) is 0 Å². The quantitative estimate of drug-likeness (QED) is 0.140. The number of hydrogen-bond donors (Lipinski definition) is 0. The minimum atomic E-state index is 0.862. The summed E-state index contributed by atoms with van der Waals surface area (Å²) in [5, 5.41) is 7.98. The number of hydrogen-bond acceptors (Lipinski definition) is 13. The van der Waals surface area contributed by atoms with Gasteiger partial charge >= 0.3 is 0 Å². The smallest absolute Gasteiger partial charge is 0.125 e. The van der Waals surface area contributed by atoms with Crippen LogP contribution in [0.3, 0.4) is 0 Å². The zero-order chi connectivity index (χ0) is 67.6. The molecule has 9 heterocycles. The normalized spacial score (nSPS) is 10.1. The van der Waals surface area contributed by atoms with Gasteiger partial charge in [0, 0.05) is 85.1 Å². The van der Waals surface area contributed by atoms with Gasteiger partial charge in [-0.05, 0) is 267 Å². The molecule has 0 aromatic carbocycles. The molecular formula is C70H111N17. The molecular weight excluding hydrogens is 1080 g/mol. The summed E-state index contributed by atoms with van der Waals surface area (Å²) in [6.07, 6.45) is 0. The number of nitrogens with zero attached hydrogens (tertiary/aromatic N) is 17. The molecule has 0 aliphatic rings. The van der Waals surface area contributed by atoms with Crippen LogP contribution in [0.25, 0.3) is 0 Å². The summed E-state index contributed by atoms with van der Waals surface area (Å²) < 4.78 is 8.37. The van der Waals surface area contributed by atoms with Crippen molar-refractivity contribution in [1.29, 1.82) is 0 Å². The first-order valence-corrected chi connectivity index (χ1v) is 29.9. The Morgan fingerprint density at radius 2 is 0.333 bits per heavy atom. The molecule has 87 heavy (non-hydrogen) atoms. The summed E-state index contributed by atoms with van der Waals surface area (Å²) in [5.74, 6) is 6.08. The van der Waals surface area contributed by atoms with Crippen molar-refractivity contribution in [3.8, 4) is 0 Å². The van der Waals surface area contributed by atoms with E-state index in [1.807, 2.05) is 181 Å². The molecule has 17 heteroatoms. The molecule has 9 aromatic heterocycles. The molecule has 0 bridgehead atoms. The van der Waals surface area contributed by atoms with Gasteiger partial charge in [0.2, 0.25) is 0 Å². The first kappa shape index (κ1) is 77.3. The highest BCUT2D eigenvalue weighted by molar-refractivity contribution is 5.37. The maximum atomic E-state index is 4.43. The molecule has 0 amide bonds. The summed E-state index contributed by atoms with van der Waals surface area (Å²) >= 11 is 0. The van der Waals surface area contributed by atoms with Gasteiger partial charge in [-0.15, -0.1) is 0 Å². The van der Waals surface area contributed by atoms with E-state index in [0.717, 1.165) is 126 Å². The van der Waals surface area contributed by atoms with Gasteiger partial charge in [0.05, 0.1) is 56.9 Å². The molecule has 476 valence electrons. The summed E-state index contributed by atoms with van der Waals surface area (Å²) in [7, 11) is 8.13. The van der Waals surface area contributed by atoms with Gasteiger partial charge in [-0.3, -0.25) is 15.0 Å². The van der Waals surface area contributed by atoms with Crippen LogP contribution in [0.1, 0.15) is 188 Å². The lowest BCUT2D eigenvalue weighted by molar-refractivity contribution is 0.827. The van der Waals surface area contributed by atoms with Crippen LogP contribution in [0, 0.1) is 228 Å². The molecule has 0 saturated heterocycles. The van der Waals surface area contributed by atoms with Gasteiger partial charge in [-0.1, -0.05) is 0 Å². The van der Waals surface area contributed by atoms with Crippen molar-refractivity contribution < 1.29 is 0 Å². The highest BCUT2D eigenvalue weighted by Gasteiger charge is 2.07. The Kier molecular flexibility index (Phi) is 30.7. The third-order valence-corrected chi connectivity index (χ3v) is 17.1. The number of pyridine rings is 1. The second-order valence-electron chi connectivity index (χ2n) is 23.0. The third-order valence-electron chi connectivity index (χ3n) is 17.1. The van der Waals surface area contributed by atoms with E-state index in [1.165, 1.54) is 61.7 Å². The third kappa shape index (κ3) is 22.8. The lowest BCUT2D eigenvalue weighted by Gasteiger charge is -2.09. The number of aromatic nitrogens is 17. The van der Waals surface area contributed by atoms with Gasteiger partial charge in [-0.25, -0.2) is 39.9 Å². The Morgan fingerprint density at radius 3 is 0.494 bits per heavy atom. The van der Waals surface area contributed by atoms with Crippen molar-refractivity contribution in [1.82, 2.24) is 83.3 Å². The largest absolute Gasteiger partial charge is 0.335 e. The van der Waals surface area contributed by atoms with Crippen molar-refractivity contribution in [2.45, 2.75) is 228 Å². The molecule has 0 atom stereocenters. The monoisotopic (exact) mass is 1190 g/mol. The zero-order valence-corrected chi connectivity index (χ0v) is 61.1. The first-order chi connectivity index (χ1) is 40.0. The van der Waals surface area contributed by atoms with Gasteiger partial charge in [0.15, 0.2) is 0 Å². The lowest BCUT2D eigenvalue weighted by Crippen LogP contribution is -1.98. The standard InChI is InChI=1S/C10H15N.4C8H12N2.4C7H12N2/c1-6-7(2)9(4)11-10(5)8(6)3;1-5-6(2)10-8(4)7(3)9-5;2*1-5-6(2)9-8(4)10-7(5)3;1-5-6(2)8(4)10-9-7(5)3;4*1-5-6(2)9(4)7(3)8-5/h1-5H3;4*1-4H3;4*1-4H3. The predicted octanol–water partition coefficient (Wildman–Crippen LogP) is 14.8. The lowest BCUT2D eigenvalue weighted by atomic mass is 10.0. The molecule has 0 aliphatic heterocycles. The molecule has 0 spiro atoms. The van der Waals surface area contributed by atoms with Crippen LogP contribution < -0.4 is 0 Å². The molecule has 0 fully saturated rings. The molecule has 17 nitrogen and oxygen atoms in total. The molecule has 0 N–H and O–H groups in total. The number of imidazole rings is 4. The Morgan fingerprint density at radius 1 is 0.161 bits per heavy atom. The van der Waals surface area contributed by atoms with E-state index >= 15 is 0 Å². The van der Waals surface area contributed by atoms with Crippen molar-refractivity contribution in [2.75, 3.05) is 0 Å². The van der Waals surface area contributed by atoms with Gasteiger partial charge in [0.1, 0.15) is 34.9 Å². The fraction of sp³-hybridized carbons (Fsp3) is 0.529. The molecule has 9 rings (SSSR count). The minimum absolute atomic E-state index is 0.862. The average Bonchev–Trinajstić information content (AvgIpc) is 4.29. The van der Waals surface area contributed by atoms with Crippen LogP contribution in [0.2, 0.25) is 0 Å². The molecule has 0 unspecified atom stereocenters. The van der Waals surface area contributed by atoms with E-state index in [0.29, 0.717) is 0 Å². The predicted molar refractivity (Wildman–Crippen MR) is 362 cm³/mol. The fourth-order valence-corrected chi connectivity index (χ4v) is 8.33. The van der Waals surface area contributed by atoms with Crippen LogP contribution in [0.15, 0.2) is 0 Å². The van der Waals surface area contributed by atoms with Crippen molar-refractivity contribution in [3.63, 3.8) is 0 Å². The van der Waals surface area contributed by atoms with Crippen molar-refractivity contribution in [3.05, 3.63) is 188 Å².